The summed E-state index contributed by atoms with van der Waals surface area (Å²) in [6, 6.07) is 7.34. The summed E-state index contributed by atoms with van der Waals surface area (Å²) >= 11 is 14.9. The van der Waals surface area contributed by atoms with Crippen molar-refractivity contribution in [2.75, 3.05) is 0 Å². The zero-order valence-corrected chi connectivity index (χ0v) is 11.5. The maximum atomic E-state index is 5.69. The molecule has 0 fully saturated rings. The van der Waals surface area contributed by atoms with Gasteiger partial charge in [0.15, 0.2) is 0 Å². The molecule has 0 aliphatic carbocycles. The Bertz CT molecular complexity index is 276. The van der Waals surface area contributed by atoms with Crippen molar-refractivity contribution in [2.45, 2.75) is 6.61 Å². The summed E-state index contributed by atoms with van der Waals surface area (Å²) in [7, 11) is 0. The van der Waals surface area contributed by atoms with Crippen LogP contribution in [0, 0.1) is 0 Å². The summed E-state index contributed by atoms with van der Waals surface area (Å²) in [5, 5.41) is 0.708. The number of halogens is 1. The Kier molecular flexibility index (Phi) is 7.32. The average molecular weight is 241 g/mol. The van der Waals surface area contributed by atoms with Crippen molar-refractivity contribution in [2.24, 2.45) is 0 Å². The van der Waals surface area contributed by atoms with Gasteiger partial charge in [-0.05, 0) is 17.7 Å². The van der Waals surface area contributed by atoms with Crippen LogP contribution in [-0.4, -0.2) is 4.38 Å². The monoisotopic (exact) mass is 240 g/mol. The van der Waals surface area contributed by atoms with Crippen molar-refractivity contribution in [1.82, 2.24) is 0 Å². The molecule has 0 aliphatic heterocycles. The maximum Gasteiger partial charge on any atom is 1.00 e. The molecule has 0 amide bonds. The summed E-state index contributed by atoms with van der Waals surface area (Å²) in [5.74, 6) is 0. The van der Waals surface area contributed by atoms with E-state index in [9.17, 15) is 0 Å². The second-order valence-corrected chi connectivity index (χ2v) is 3.60. The molecule has 0 spiro atoms. The summed E-state index contributed by atoms with van der Waals surface area (Å²) in [5.41, 5.74) is 1.01. The number of hydrogen-bond acceptors (Lipinski definition) is 3. The fourth-order valence-electron chi connectivity index (χ4n) is 0.723. The van der Waals surface area contributed by atoms with E-state index in [0.717, 1.165) is 5.56 Å². The quantitative estimate of drug-likeness (QED) is 0.399. The van der Waals surface area contributed by atoms with E-state index in [4.69, 9.17) is 16.3 Å². The third-order valence-corrected chi connectivity index (χ3v) is 1.76. The van der Waals surface area contributed by atoms with E-state index in [-0.39, 0.29) is 33.9 Å². The smallest absolute Gasteiger partial charge is 0.509 e. The molecule has 0 atom stereocenters. The van der Waals surface area contributed by atoms with Crippen molar-refractivity contribution < 1.29 is 34.3 Å². The zero-order valence-electron chi connectivity index (χ0n) is 7.12. The first-order valence-electron chi connectivity index (χ1n) is 3.26. The molecule has 0 aromatic heterocycles. The molecule has 13 heavy (non-hydrogen) atoms. The molecule has 5 heteroatoms. The number of hydrogen-bond donors (Lipinski definition) is 0. The van der Waals surface area contributed by atoms with Gasteiger partial charge in [0.1, 0.15) is 6.61 Å². The first-order chi connectivity index (χ1) is 5.68. The van der Waals surface area contributed by atoms with Crippen molar-refractivity contribution in [3.63, 3.8) is 0 Å². The van der Waals surface area contributed by atoms with Gasteiger partial charge in [0.2, 0.25) is 0 Å². The minimum absolute atomic E-state index is 0. The van der Waals surface area contributed by atoms with Gasteiger partial charge in [-0.1, -0.05) is 23.7 Å². The normalized spacial score (nSPS) is 8.69. The Balaban J connectivity index is 0.00000144. The van der Waals surface area contributed by atoms with E-state index >= 15 is 0 Å². The van der Waals surface area contributed by atoms with E-state index in [1.165, 1.54) is 0 Å². The third kappa shape index (κ3) is 5.83. The van der Waals surface area contributed by atoms with Crippen LogP contribution in [0.15, 0.2) is 24.3 Å². The Labute approximate surface area is 116 Å². The molecule has 0 aliphatic rings. The Morgan fingerprint density at radius 2 is 1.92 bits per heavy atom. The largest absolute Gasteiger partial charge is 1.00 e. The second-order valence-electron chi connectivity index (χ2n) is 2.17. The molecular formula is C8H6ClNaOS2. The van der Waals surface area contributed by atoms with Crippen LogP contribution in [0.2, 0.25) is 5.02 Å². The zero-order chi connectivity index (χ0) is 8.97. The summed E-state index contributed by atoms with van der Waals surface area (Å²) in [6.45, 7) is 0.416. The van der Waals surface area contributed by atoms with E-state index < -0.39 is 0 Å². The van der Waals surface area contributed by atoms with Crippen molar-refractivity contribution in [3.8, 4) is 0 Å². The van der Waals surface area contributed by atoms with Gasteiger partial charge in [-0.2, -0.15) is 0 Å². The molecule has 0 bridgehead atoms. The summed E-state index contributed by atoms with van der Waals surface area (Å²) in [6.07, 6.45) is 0. The first-order valence-corrected chi connectivity index (χ1v) is 4.46. The predicted octanol–water partition coefficient (Wildman–Crippen LogP) is -0.308. The van der Waals surface area contributed by atoms with Crippen LogP contribution in [0.4, 0.5) is 0 Å². The van der Waals surface area contributed by atoms with Crippen molar-refractivity contribution >= 4 is 40.8 Å². The van der Waals surface area contributed by atoms with Crippen molar-refractivity contribution in [1.29, 1.82) is 0 Å². The van der Waals surface area contributed by atoms with Crippen LogP contribution < -0.4 is 29.6 Å². The van der Waals surface area contributed by atoms with Gasteiger partial charge in [0.25, 0.3) is 0 Å². The van der Waals surface area contributed by atoms with Crippen LogP contribution in [0.3, 0.4) is 0 Å². The molecule has 0 saturated heterocycles. The van der Waals surface area contributed by atoms with E-state index in [1.54, 1.807) is 12.1 Å². The van der Waals surface area contributed by atoms with Gasteiger partial charge in [-0.15, -0.1) is 0 Å². The molecule has 1 rings (SSSR count). The van der Waals surface area contributed by atoms with E-state index in [2.05, 4.69) is 24.8 Å². The van der Waals surface area contributed by atoms with Crippen LogP contribution in [0.5, 0.6) is 0 Å². The number of thiocarbonyl (C=S) groups is 1. The standard InChI is InChI=1S/C8H7ClOS2.Na/c9-7-3-1-6(2-4-7)5-10-8(11)12;/h1-4H,5H2,(H,11,12);/q;+1/p-1. The molecule has 0 N–H and O–H groups in total. The Hall–Kier alpha value is 0.620. The second kappa shape index (κ2) is 6.98. The van der Waals surface area contributed by atoms with Crippen molar-refractivity contribution in [3.05, 3.63) is 34.9 Å². The minimum atomic E-state index is 0. The predicted molar refractivity (Wildman–Crippen MR) is 56.2 cm³/mol. The molecule has 0 radical (unpaired) electrons. The molecule has 1 aromatic carbocycles. The van der Waals surface area contributed by atoms with Gasteiger partial charge >= 0.3 is 29.6 Å². The van der Waals surface area contributed by atoms with Gasteiger partial charge in [-0.3, -0.25) is 0 Å². The van der Waals surface area contributed by atoms with Crippen LogP contribution in [0.1, 0.15) is 5.56 Å². The van der Waals surface area contributed by atoms with Gasteiger partial charge < -0.3 is 29.6 Å². The topological polar surface area (TPSA) is 9.23 Å². The molecular weight excluding hydrogens is 235 g/mol. The number of rotatable bonds is 2. The molecule has 0 heterocycles. The average Bonchev–Trinajstić information content (AvgIpc) is 2.03. The first kappa shape index (κ1) is 13.6. The molecule has 1 nitrogen and oxygen atoms in total. The Morgan fingerprint density at radius 1 is 1.38 bits per heavy atom. The van der Waals surface area contributed by atoms with Crippen LogP contribution in [0.25, 0.3) is 0 Å². The van der Waals surface area contributed by atoms with Crippen LogP contribution in [-0.2, 0) is 24.0 Å². The number of ether oxygens (including phenoxy) is 1. The van der Waals surface area contributed by atoms with Crippen LogP contribution >= 0.6 is 23.8 Å². The molecule has 0 unspecified atom stereocenters. The van der Waals surface area contributed by atoms with E-state index in [1.807, 2.05) is 12.1 Å². The van der Waals surface area contributed by atoms with Gasteiger partial charge in [0, 0.05) is 9.41 Å². The Morgan fingerprint density at radius 3 is 2.38 bits per heavy atom. The minimum Gasteiger partial charge on any atom is -0.509 e. The summed E-state index contributed by atoms with van der Waals surface area (Å²) < 4.78 is 5.11. The molecule has 0 saturated carbocycles. The number of benzene rings is 1. The van der Waals surface area contributed by atoms with Gasteiger partial charge in [0.05, 0.1) is 0 Å². The fraction of sp³-hybridized carbons (Fsp3) is 0.125. The third-order valence-electron chi connectivity index (χ3n) is 1.27. The molecule has 1 aromatic rings. The maximum absolute atomic E-state index is 5.69. The van der Waals surface area contributed by atoms with E-state index in [0.29, 0.717) is 11.6 Å². The van der Waals surface area contributed by atoms with Gasteiger partial charge in [-0.25, -0.2) is 0 Å². The summed E-state index contributed by atoms with van der Waals surface area (Å²) in [4.78, 5) is 0. The fourth-order valence-corrected chi connectivity index (χ4v) is 0.967. The SMILES string of the molecule is S=C([S-])OCc1ccc(Cl)cc1.[Na+]. The molecule has 64 valence electrons.